The highest BCUT2D eigenvalue weighted by Gasteiger charge is 2.28. The lowest BCUT2D eigenvalue weighted by Crippen LogP contribution is -2.27. The third-order valence-electron chi connectivity index (χ3n) is 2.62. The molecule has 1 nitrogen and oxygen atoms in total. The van der Waals surface area contributed by atoms with Crippen LogP contribution in [-0.4, -0.2) is 6.61 Å². The molecule has 0 saturated carbocycles. The normalized spacial score (nSPS) is 14.3. The van der Waals surface area contributed by atoms with Crippen molar-refractivity contribution in [2.24, 2.45) is 0 Å². The molecular formula is C14H18O. The molecule has 0 aliphatic heterocycles. The average molecular weight is 202 g/mol. The van der Waals surface area contributed by atoms with Gasteiger partial charge in [-0.1, -0.05) is 49.6 Å². The van der Waals surface area contributed by atoms with Crippen molar-refractivity contribution in [3.8, 4) is 0 Å². The fraction of sp³-hybridized carbons (Fsp3) is 0.286. The van der Waals surface area contributed by atoms with Crippen LogP contribution in [0.5, 0.6) is 0 Å². The monoisotopic (exact) mass is 202 g/mol. The summed E-state index contributed by atoms with van der Waals surface area (Å²) in [5.41, 5.74) is 1.53. The van der Waals surface area contributed by atoms with Gasteiger partial charge in [-0.05, 0) is 25.0 Å². The van der Waals surface area contributed by atoms with E-state index in [0.29, 0.717) is 6.61 Å². The highest BCUT2D eigenvalue weighted by atomic mass is 16.5. The van der Waals surface area contributed by atoms with E-state index in [1.54, 1.807) is 6.08 Å². The maximum absolute atomic E-state index is 5.80. The molecule has 0 bridgehead atoms. The molecule has 0 fully saturated rings. The predicted molar refractivity (Wildman–Crippen MR) is 64.8 cm³/mol. The third-order valence-corrected chi connectivity index (χ3v) is 2.62. The van der Waals surface area contributed by atoms with Crippen LogP contribution in [0.4, 0.5) is 0 Å². The van der Waals surface area contributed by atoms with Crippen molar-refractivity contribution in [1.29, 1.82) is 0 Å². The summed E-state index contributed by atoms with van der Waals surface area (Å²) in [6.07, 6.45) is 1.75. The molecule has 0 spiro atoms. The van der Waals surface area contributed by atoms with Crippen molar-refractivity contribution < 1.29 is 4.74 Å². The average Bonchev–Trinajstić information content (AvgIpc) is 2.29. The Balaban J connectivity index is 3.12. The van der Waals surface area contributed by atoms with Crippen molar-refractivity contribution in [2.45, 2.75) is 19.4 Å². The van der Waals surface area contributed by atoms with Crippen molar-refractivity contribution in [1.82, 2.24) is 0 Å². The Morgan fingerprint density at radius 3 is 2.47 bits per heavy atom. The van der Waals surface area contributed by atoms with Crippen molar-refractivity contribution in [3.63, 3.8) is 0 Å². The van der Waals surface area contributed by atoms with E-state index < -0.39 is 5.60 Å². The topological polar surface area (TPSA) is 9.23 Å². The predicted octanol–water partition coefficient (Wildman–Crippen LogP) is 3.68. The maximum Gasteiger partial charge on any atom is 0.115 e. The first kappa shape index (κ1) is 11.7. The Bertz CT molecular complexity index is 340. The molecule has 0 N–H and O–H groups in total. The second-order valence-corrected chi connectivity index (χ2v) is 3.56. The van der Waals surface area contributed by atoms with Crippen LogP contribution in [0.2, 0.25) is 0 Å². The van der Waals surface area contributed by atoms with Gasteiger partial charge in [0, 0.05) is 6.61 Å². The molecule has 1 aromatic rings. The molecule has 0 heterocycles. The third kappa shape index (κ3) is 2.37. The van der Waals surface area contributed by atoms with E-state index in [9.17, 15) is 0 Å². The van der Waals surface area contributed by atoms with E-state index in [1.165, 1.54) is 0 Å². The summed E-state index contributed by atoms with van der Waals surface area (Å²) in [6.45, 7) is 12.4. The standard InChI is InChI=1S/C14H18O/c1-5-12(3)14(4,15-6-2)13-10-8-7-9-11-13/h5,7-11H,1,3,6H2,2,4H3. The van der Waals surface area contributed by atoms with Crippen LogP contribution in [0.1, 0.15) is 19.4 Å². The summed E-state index contributed by atoms with van der Waals surface area (Å²) >= 11 is 0. The van der Waals surface area contributed by atoms with E-state index in [0.717, 1.165) is 11.1 Å². The molecule has 1 rings (SSSR count). The molecule has 80 valence electrons. The summed E-state index contributed by atoms with van der Waals surface area (Å²) < 4.78 is 5.80. The first-order valence-corrected chi connectivity index (χ1v) is 5.16. The van der Waals surface area contributed by atoms with Crippen LogP contribution in [0.15, 0.2) is 55.1 Å². The minimum absolute atomic E-state index is 0.461. The van der Waals surface area contributed by atoms with Gasteiger partial charge in [0.25, 0.3) is 0 Å². The molecule has 1 atom stereocenters. The molecule has 0 aliphatic carbocycles. The fourth-order valence-corrected chi connectivity index (χ4v) is 1.60. The van der Waals surface area contributed by atoms with Gasteiger partial charge >= 0.3 is 0 Å². The Hall–Kier alpha value is -1.34. The van der Waals surface area contributed by atoms with Crippen molar-refractivity contribution in [2.75, 3.05) is 6.61 Å². The van der Waals surface area contributed by atoms with Gasteiger partial charge in [0.15, 0.2) is 0 Å². The molecule has 15 heavy (non-hydrogen) atoms. The lowest BCUT2D eigenvalue weighted by Gasteiger charge is -2.30. The molecule has 0 aromatic heterocycles. The lowest BCUT2D eigenvalue weighted by molar-refractivity contribution is 0.00384. The Labute approximate surface area is 92.1 Å². The number of rotatable bonds is 5. The second kappa shape index (κ2) is 4.94. The maximum atomic E-state index is 5.80. The molecular weight excluding hydrogens is 184 g/mol. The van der Waals surface area contributed by atoms with Crippen LogP contribution in [-0.2, 0) is 10.3 Å². The van der Waals surface area contributed by atoms with Gasteiger partial charge in [-0.25, -0.2) is 0 Å². The van der Waals surface area contributed by atoms with Crippen LogP contribution in [0.3, 0.4) is 0 Å². The van der Waals surface area contributed by atoms with Crippen molar-refractivity contribution >= 4 is 0 Å². The van der Waals surface area contributed by atoms with Crippen LogP contribution in [0, 0.1) is 0 Å². The quantitative estimate of drug-likeness (QED) is 0.662. The Morgan fingerprint density at radius 1 is 1.40 bits per heavy atom. The lowest BCUT2D eigenvalue weighted by atomic mass is 9.88. The first-order chi connectivity index (χ1) is 7.15. The van der Waals surface area contributed by atoms with E-state index in [2.05, 4.69) is 13.2 Å². The van der Waals surface area contributed by atoms with E-state index >= 15 is 0 Å². The zero-order chi connectivity index (χ0) is 11.3. The van der Waals surface area contributed by atoms with Gasteiger partial charge in [-0.15, -0.1) is 0 Å². The molecule has 0 saturated heterocycles. The van der Waals surface area contributed by atoms with Crippen molar-refractivity contribution in [3.05, 3.63) is 60.7 Å². The van der Waals surface area contributed by atoms with Crippen LogP contribution < -0.4 is 0 Å². The number of benzene rings is 1. The molecule has 0 aliphatic rings. The highest BCUT2D eigenvalue weighted by Crippen LogP contribution is 2.32. The molecule has 0 radical (unpaired) electrons. The highest BCUT2D eigenvalue weighted by molar-refractivity contribution is 5.35. The van der Waals surface area contributed by atoms with E-state index in [-0.39, 0.29) is 0 Å². The number of ether oxygens (including phenoxy) is 1. The summed E-state index contributed by atoms with van der Waals surface area (Å²) in [6, 6.07) is 10.1. The Morgan fingerprint density at radius 2 is 2.00 bits per heavy atom. The van der Waals surface area contributed by atoms with E-state index in [1.807, 2.05) is 44.2 Å². The second-order valence-electron chi connectivity index (χ2n) is 3.56. The summed E-state index contributed by atoms with van der Waals surface area (Å²) in [7, 11) is 0. The van der Waals surface area contributed by atoms with Gasteiger partial charge in [0.1, 0.15) is 5.60 Å². The van der Waals surface area contributed by atoms with Crippen LogP contribution >= 0.6 is 0 Å². The minimum Gasteiger partial charge on any atom is -0.366 e. The molecule has 1 heteroatoms. The first-order valence-electron chi connectivity index (χ1n) is 5.16. The molecule has 0 amide bonds. The van der Waals surface area contributed by atoms with Gasteiger partial charge < -0.3 is 4.74 Å². The smallest absolute Gasteiger partial charge is 0.115 e. The molecule has 1 aromatic carbocycles. The van der Waals surface area contributed by atoms with Gasteiger partial charge in [0.2, 0.25) is 0 Å². The van der Waals surface area contributed by atoms with Crippen LogP contribution in [0.25, 0.3) is 0 Å². The summed E-state index contributed by atoms with van der Waals surface area (Å²) in [5, 5.41) is 0. The van der Waals surface area contributed by atoms with E-state index in [4.69, 9.17) is 4.74 Å². The number of hydrogen-bond donors (Lipinski definition) is 0. The summed E-state index contributed by atoms with van der Waals surface area (Å²) in [4.78, 5) is 0. The zero-order valence-corrected chi connectivity index (χ0v) is 9.49. The number of hydrogen-bond acceptors (Lipinski definition) is 1. The Kier molecular flexibility index (Phi) is 3.87. The molecule has 1 unspecified atom stereocenters. The zero-order valence-electron chi connectivity index (χ0n) is 9.49. The minimum atomic E-state index is -0.461. The van der Waals surface area contributed by atoms with Gasteiger partial charge in [-0.3, -0.25) is 0 Å². The largest absolute Gasteiger partial charge is 0.366 e. The SMILES string of the molecule is C=CC(=C)C(C)(OCC)c1ccccc1. The van der Waals surface area contributed by atoms with Gasteiger partial charge in [-0.2, -0.15) is 0 Å². The fourth-order valence-electron chi connectivity index (χ4n) is 1.60. The summed E-state index contributed by atoms with van der Waals surface area (Å²) in [5.74, 6) is 0. The van der Waals surface area contributed by atoms with Gasteiger partial charge in [0.05, 0.1) is 0 Å².